The zero-order valence-corrected chi connectivity index (χ0v) is 7.11. The molecule has 0 aromatic heterocycles. The van der Waals surface area contributed by atoms with Crippen molar-refractivity contribution in [3.05, 3.63) is 0 Å². The fourth-order valence-corrected chi connectivity index (χ4v) is 0. The summed E-state index contributed by atoms with van der Waals surface area (Å²) in [6.45, 7) is -3.67. The summed E-state index contributed by atoms with van der Waals surface area (Å²) in [6.07, 6.45) is 0. The molecule has 0 aliphatic rings. The molecule has 0 radical (unpaired) electrons. The Morgan fingerprint density at radius 3 is 1.14 bits per heavy atom. The van der Waals surface area contributed by atoms with Gasteiger partial charge in [-0.2, -0.15) is 13.2 Å². The Labute approximate surface area is 57.0 Å². The molecule has 1 nitrogen and oxygen atoms in total. The molecule has 7 heavy (non-hydrogen) atoms. The molecule has 0 aliphatic carbocycles. The summed E-state index contributed by atoms with van der Waals surface area (Å²) < 4.78 is 34.3. The Balaban J connectivity index is -0.0000000480. The van der Waals surface area contributed by atoms with Crippen molar-refractivity contribution in [3.8, 4) is 0 Å². The molecule has 0 rings (SSSR count). The summed E-state index contributed by atoms with van der Waals surface area (Å²) >= 11 is 3.33. The van der Waals surface area contributed by atoms with Crippen molar-refractivity contribution < 1.29 is 32.6 Å². The van der Waals surface area contributed by atoms with E-state index in [9.17, 15) is 13.2 Å². The molecule has 1 N–H and O–H groups in total. The molecule has 0 bridgehead atoms. The molecule has 0 fully saturated rings. The van der Waals surface area contributed by atoms with E-state index in [1.54, 1.807) is 0 Å². The van der Waals surface area contributed by atoms with Crippen molar-refractivity contribution in [2.75, 3.05) is 0 Å². The van der Waals surface area contributed by atoms with Crippen molar-refractivity contribution in [2.24, 2.45) is 0 Å². The first-order chi connectivity index (χ1) is 2.73. The van der Waals surface area contributed by atoms with E-state index in [1.807, 2.05) is 0 Å². The van der Waals surface area contributed by atoms with E-state index in [4.69, 9.17) is 4.78 Å². The minimum Gasteiger partial charge on any atom is -0.235 e. The normalized spacial score (nSPS) is 5.71. The first kappa shape index (κ1) is 15.7. The molecule has 0 heterocycles. The molecule has 0 saturated carbocycles. The first-order valence-electron chi connectivity index (χ1n) is 0.859. The largest absolute Gasteiger partial charge is 0.379 e. The monoisotopic (exact) mass is 181 g/mol. The predicted octanol–water partition coefficient (Wildman–Crippen LogP) is 1.47. The van der Waals surface area contributed by atoms with Gasteiger partial charge in [-0.3, -0.25) is 0 Å². The minimum atomic E-state index is -3.67. The Morgan fingerprint density at radius 2 is 1.14 bits per heavy atom. The van der Waals surface area contributed by atoms with Crippen LogP contribution in [0.5, 0.6) is 0 Å². The van der Waals surface area contributed by atoms with Crippen molar-refractivity contribution >= 4 is 12.4 Å². The average molecular weight is 182 g/mol. The van der Waals surface area contributed by atoms with E-state index < -0.39 is 6.68 Å². The van der Waals surface area contributed by atoms with Gasteiger partial charge in [0.05, 0.1) is 0 Å². The topological polar surface area (TPSA) is 23.9 Å². The molecule has 0 atom stereocenters. The van der Waals surface area contributed by atoms with Crippen molar-refractivity contribution in [2.45, 2.75) is 6.68 Å². The second kappa shape index (κ2) is 16.1. The van der Waals surface area contributed by atoms with Gasteiger partial charge in [-0.25, -0.2) is 4.78 Å². The summed E-state index contributed by atoms with van der Waals surface area (Å²) in [5, 5.41) is 0. The van der Waals surface area contributed by atoms with E-state index in [2.05, 4.69) is 12.4 Å². The molecule has 0 aromatic carbocycles. The number of halogens is 3. The number of hydrogen-bond donors (Lipinski definition) is 1. The van der Waals surface area contributed by atoms with E-state index in [0.29, 0.717) is 0 Å². The Kier molecular flexibility index (Phi) is 36.0. The second-order valence-corrected chi connectivity index (χ2v) is 0.247. The minimum absolute atomic E-state index is 0. The van der Waals surface area contributed by atoms with Crippen molar-refractivity contribution in [3.63, 3.8) is 0 Å². The summed E-state index contributed by atoms with van der Waals surface area (Å²) in [4.78, 5) is 0. The number of hydrogen-bond acceptors (Lipinski definition) is 2. The van der Waals surface area contributed by atoms with Crippen LogP contribution in [0.25, 0.3) is 0 Å². The van der Waals surface area contributed by atoms with E-state index in [0.717, 1.165) is 0 Å². The molecule has 0 spiro atoms. The molecule has 0 unspecified atom stereocenters. The van der Waals surface area contributed by atoms with Gasteiger partial charge in [-0.1, -0.05) is 0 Å². The molecule has 40 valence electrons. The smallest absolute Gasteiger partial charge is 0.235 e. The summed E-state index contributed by atoms with van der Waals surface area (Å²) in [5.74, 6) is 0. The van der Waals surface area contributed by atoms with E-state index >= 15 is 0 Å². The first-order valence-corrected chi connectivity index (χ1v) is 1.27. The quantitative estimate of drug-likeness (QED) is 0.564. The fourth-order valence-electron chi connectivity index (χ4n) is 0. The van der Waals surface area contributed by atoms with Gasteiger partial charge in [0.15, 0.2) is 0 Å². The van der Waals surface area contributed by atoms with Gasteiger partial charge in [0.2, 0.25) is 0 Å². The van der Waals surface area contributed by atoms with Crippen LogP contribution in [-0.4, -0.2) is 6.68 Å². The average Bonchev–Trinajstić information content (AvgIpc) is 1.41. The van der Waals surface area contributed by atoms with Crippen LogP contribution in [0, 0.1) is 4.78 Å². The standard InChI is InChI=1S/CHF3.HNS.Zn/c2-1(3)4;1-2;/h1H;1H;. The Bertz CT molecular complexity index is 26.1. The molecule has 0 amide bonds. The molecular weight excluding hydrogens is 180 g/mol. The fraction of sp³-hybridized carbons (Fsp3) is 1.00. The maximum absolute atomic E-state index is 9.67. The molecule has 0 saturated heterocycles. The third-order valence-electron chi connectivity index (χ3n) is 0. The summed E-state index contributed by atoms with van der Waals surface area (Å²) in [7, 11) is 0. The Hall–Kier alpha value is 0.433. The van der Waals surface area contributed by atoms with E-state index in [1.165, 1.54) is 0 Å². The maximum Gasteiger partial charge on any atom is 0.379 e. The van der Waals surface area contributed by atoms with Gasteiger partial charge in [0.25, 0.3) is 0 Å². The van der Waals surface area contributed by atoms with Crippen LogP contribution in [0.3, 0.4) is 0 Å². The van der Waals surface area contributed by atoms with Crippen LogP contribution in [0.1, 0.15) is 0 Å². The second-order valence-electron chi connectivity index (χ2n) is 0.247. The van der Waals surface area contributed by atoms with Crippen molar-refractivity contribution in [1.82, 2.24) is 0 Å². The molecule has 0 aliphatic heterocycles. The zero-order chi connectivity index (χ0) is 5.58. The predicted molar refractivity (Wildman–Crippen MR) is 17.2 cm³/mol. The number of rotatable bonds is 0. The van der Waals surface area contributed by atoms with Gasteiger partial charge < -0.3 is 0 Å². The Morgan fingerprint density at radius 1 is 1.14 bits per heavy atom. The molecule has 0 aromatic rings. The van der Waals surface area contributed by atoms with Crippen molar-refractivity contribution in [1.29, 1.82) is 4.78 Å². The zero-order valence-electron chi connectivity index (χ0n) is 3.33. The van der Waals surface area contributed by atoms with E-state index in [-0.39, 0.29) is 19.5 Å². The SMILES string of the molecule is FC(F)F.N=S.[Zn]. The van der Waals surface area contributed by atoms with Crippen LogP contribution in [0.2, 0.25) is 0 Å². The third kappa shape index (κ3) is 673. The number of nitrogens with one attached hydrogen (secondary N) is 1. The van der Waals surface area contributed by atoms with Crippen LogP contribution >= 0.6 is 0 Å². The van der Waals surface area contributed by atoms with Gasteiger partial charge in [-0.15, -0.1) is 0 Å². The summed E-state index contributed by atoms with van der Waals surface area (Å²) in [5.41, 5.74) is 0. The van der Waals surface area contributed by atoms with Crippen LogP contribution < -0.4 is 0 Å². The van der Waals surface area contributed by atoms with Gasteiger partial charge >= 0.3 is 6.68 Å². The van der Waals surface area contributed by atoms with Gasteiger partial charge in [0.1, 0.15) is 0 Å². The van der Waals surface area contributed by atoms with Gasteiger partial charge in [0, 0.05) is 31.9 Å². The third-order valence-corrected chi connectivity index (χ3v) is 0. The van der Waals surface area contributed by atoms with Gasteiger partial charge in [-0.05, 0) is 0 Å². The van der Waals surface area contributed by atoms with Crippen LogP contribution in [0.15, 0.2) is 0 Å². The van der Waals surface area contributed by atoms with Crippen LogP contribution in [-0.2, 0) is 31.9 Å². The maximum atomic E-state index is 9.67. The molecular formula is CH2F3NSZn. The number of alkyl halides is 3. The summed E-state index contributed by atoms with van der Waals surface area (Å²) in [6, 6.07) is 0. The molecule has 6 heteroatoms. The van der Waals surface area contributed by atoms with Crippen LogP contribution in [0.4, 0.5) is 13.2 Å².